The number of aliphatic hydroxyl groups is 1. The molecule has 1 aliphatic rings. The second-order valence-electron chi connectivity index (χ2n) is 5.33. The van der Waals surface area contributed by atoms with Crippen LogP contribution in [0.25, 0.3) is 0 Å². The standard InChI is InChI=1S/C16H18N2O3S/c1-21-8-15-17-14(9-22-15)16(20)18-13-6-10(7-19)11-4-2-3-5-12(11)13/h2-5,9-10,13,19H,6-8H2,1H3,(H,18,20)/t10-,13-/m0/s1. The van der Waals surface area contributed by atoms with Crippen LogP contribution in [0.4, 0.5) is 0 Å². The highest BCUT2D eigenvalue weighted by molar-refractivity contribution is 7.09. The Kier molecular flexibility index (Phi) is 4.52. The normalized spacial score (nSPS) is 19.9. The van der Waals surface area contributed by atoms with E-state index in [4.69, 9.17) is 4.74 Å². The summed E-state index contributed by atoms with van der Waals surface area (Å²) >= 11 is 1.41. The number of methoxy groups -OCH3 is 1. The summed E-state index contributed by atoms with van der Waals surface area (Å²) in [6, 6.07) is 7.86. The summed E-state index contributed by atoms with van der Waals surface area (Å²) in [5, 5.41) is 15.1. The van der Waals surface area contributed by atoms with Gasteiger partial charge in [0.2, 0.25) is 0 Å². The highest BCUT2D eigenvalue weighted by Crippen LogP contribution is 2.39. The minimum absolute atomic E-state index is 0.0755. The molecule has 1 heterocycles. The van der Waals surface area contributed by atoms with Gasteiger partial charge in [-0.15, -0.1) is 11.3 Å². The summed E-state index contributed by atoms with van der Waals surface area (Å²) in [5.41, 5.74) is 2.62. The minimum atomic E-state index is -0.183. The summed E-state index contributed by atoms with van der Waals surface area (Å²) in [6.07, 6.45) is 0.719. The third kappa shape index (κ3) is 2.90. The van der Waals surface area contributed by atoms with E-state index in [0.717, 1.165) is 22.6 Å². The van der Waals surface area contributed by atoms with Gasteiger partial charge in [-0.3, -0.25) is 4.79 Å². The quantitative estimate of drug-likeness (QED) is 0.887. The molecule has 1 aromatic heterocycles. The first-order valence-electron chi connectivity index (χ1n) is 7.16. The van der Waals surface area contributed by atoms with Gasteiger partial charge in [0, 0.05) is 18.4 Å². The Labute approximate surface area is 133 Å². The summed E-state index contributed by atoms with van der Waals surface area (Å²) in [4.78, 5) is 16.6. The number of nitrogens with zero attached hydrogens (tertiary/aromatic N) is 1. The molecule has 116 valence electrons. The fourth-order valence-corrected chi connectivity index (χ4v) is 3.63. The summed E-state index contributed by atoms with van der Waals surface area (Å²) < 4.78 is 5.02. The molecule has 22 heavy (non-hydrogen) atoms. The summed E-state index contributed by atoms with van der Waals surface area (Å²) in [6.45, 7) is 0.509. The van der Waals surface area contributed by atoms with Crippen molar-refractivity contribution in [2.75, 3.05) is 13.7 Å². The average molecular weight is 318 g/mol. The maximum atomic E-state index is 12.4. The van der Waals surface area contributed by atoms with Crippen molar-refractivity contribution in [2.45, 2.75) is 25.0 Å². The molecule has 2 N–H and O–H groups in total. The number of hydrogen-bond acceptors (Lipinski definition) is 5. The van der Waals surface area contributed by atoms with E-state index in [1.165, 1.54) is 11.3 Å². The van der Waals surface area contributed by atoms with Crippen LogP contribution in [0.1, 0.15) is 45.0 Å². The molecule has 5 nitrogen and oxygen atoms in total. The van der Waals surface area contributed by atoms with E-state index in [1.54, 1.807) is 12.5 Å². The summed E-state index contributed by atoms with van der Waals surface area (Å²) in [7, 11) is 1.60. The van der Waals surface area contributed by atoms with E-state index >= 15 is 0 Å². The first-order chi connectivity index (χ1) is 10.7. The number of fused-ring (bicyclic) bond motifs is 1. The first kappa shape index (κ1) is 15.1. The largest absolute Gasteiger partial charge is 0.396 e. The SMILES string of the molecule is COCc1nc(C(=O)N[C@H]2C[C@@H](CO)c3ccccc32)cs1. The smallest absolute Gasteiger partial charge is 0.271 e. The van der Waals surface area contributed by atoms with Crippen LogP contribution in [0.3, 0.4) is 0 Å². The highest BCUT2D eigenvalue weighted by Gasteiger charge is 2.31. The van der Waals surface area contributed by atoms with Crippen molar-refractivity contribution in [2.24, 2.45) is 0 Å². The lowest BCUT2D eigenvalue weighted by molar-refractivity contribution is 0.0929. The molecule has 2 aromatic rings. The molecule has 0 spiro atoms. The molecule has 1 aromatic carbocycles. The van der Waals surface area contributed by atoms with Crippen molar-refractivity contribution in [3.05, 3.63) is 51.5 Å². The zero-order valence-corrected chi connectivity index (χ0v) is 13.1. The first-order valence-corrected chi connectivity index (χ1v) is 8.04. The van der Waals surface area contributed by atoms with E-state index in [1.807, 2.05) is 24.3 Å². The van der Waals surface area contributed by atoms with Crippen molar-refractivity contribution in [3.8, 4) is 0 Å². The fraction of sp³-hybridized carbons (Fsp3) is 0.375. The zero-order valence-electron chi connectivity index (χ0n) is 12.3. The number of rotatable bonds is 5. The Bertz CT molecular complexity index is 671. The van der Waals surface area contributed by atoms with Gasteiger partial charge in [-0.05, 0) is 17.5 Å². The Morgan fingerprint density at radius 1 is 1.45 bits per heavy atom. The lowest BCUT2D eigenvalue weighted by Gasteiger charge is -2.13. The van der Waals surface area contributed by atoms with Gasteiger partial charge >= 0.3 is 0 Å². The number of thiazole rings is 1. The van der Waals surface area contributed by atoms with E-state index in [-0.39, 0.29) is 24.5 Å². The molecule has 1 amide bonds. The molecule has 0 aliphatic heterocycles. The van der Waals surface area contributed by atoms with Crippen molar-refractivity contribution in [1.82, 2.24) is 10.3 Å². The zero-order chi connectivity index (χ0) is 15.5. The van der Waals surface area contributed by atoms with E-state index in [9.17, 15) is 9.90 Å². The van der Waals surface area contributed by atoms with Gasteiger partial charge in [0.05, 0.1) is 19.3 Å². The molecule has 0 fully saturated rings. The molecule has 1 aliphatic carbocycles. The highest BCUT2D eigenvalue weighted by atomic mass is 32.1. The van der Waals surface area contributed by atoms with Crippen LogP contribution in [0, 0.1) is 0 Å². The average Bonchev–Trinajstić information content (AvgIpc) is 3.13. The Morgan fingerprint density at radius 2 is 2.23 bits per heavy atom. The Balaban J connectivity index is 1.74. The van der Waals surface area contributed by atoms with Gasteiger partial charge in [-0.2, -0.15) is 0 Å². The number of nitrogens with one attached hydrogen (secondary N) is 1. The van der Waals surface area contributed by atoms with E-state index in [2.05, 4.69) is 10.3 Å². The molecular formula is C16H18N2O3S. The molecule has 3 rings (SSSR count). The number of carbonyl (C=O) groups excluding carboxylic acids is 1. The van der Waals surface area contributed by atoms with Gasteiger partial charge in [-0.1, -0.05) is 24.3 Å². The Hall–Kier alpha value is -1.76. The number of ether oxygens (including phenoxy) is 1. The number of aliphatic hydroxyl groups excluding tert-OH is 1. The van der Waals surface area contributed by atoms with E-state index < -0.39 is 0 Å². The number of benzene rings is 1. The number of amides is 1. The molecule has 2 atom stereocenters. The van der Waals surface area contributed by atoms with Gasteiger partial charge < -0.3 is 15.2 Å². The number of hydrogen-bond donors (Lipinski definition) is 2. The number of carbonyl (C=O) groups is 1. The van der Waals surface area contributed by atoms with Crippen LogP contribution in [-0.4, -0.2) is 29.7 Å². The van der Waals surface area contributed by atoms with E-state index in [0.29, 0.717) is 12.3 Å². The molecule has 0 saturated heterocycles. The maximum Gasteiger partial charge on any atom is 0.271 e. The molecule has 0 radical (unpaired) electrons. The maximum absolute atomic E-state index is 12.4. The van der Waals surface area contributed by atoms with Crippen molar-refractivity contribution < 1.29 is 14.6 Å². The molecule has 0 bridgehead atoms. The second kappa shape index (κ2) is 6.56. The topological polar surface area (TPSA) is 71.5 Å². The third-order valence-electron chi connectivity index (χ3n) is 3.91. The molecular weight excluding hydrogens is 300 g/mol. The van der Waals surface area contributed by atoms with Crippen LogP contribution >= 0.6 is 11.3 Å². The van der Waals surface area contributed by atoms with Crippen LogP contribution in [0.2, 0.25) is 0 Å². The van der Waals surface area contributed by atoms with Crippen LogP contribution in [0.5, 0.6) is 0 Å². The predicted octanol–water partition coefficient (Wildman–Crippen LogP) is 2.24. The van der Waals surface area contributed by atoms with Gasteiger partial charge in [-0.25, -0.2) is 4.98 Å². The summed E-state index contributed by atoms with van der Waals surface area (Å²) in [5.74, 6) is -0.0991. The van der Waals surface area contributed by atoms with Gasteiger partial charge in [0.1, 0.15) is 10.7 Å². The van der Waals surface area contributed by atoms with Crippen molar-refractivity contribution in [3.63, 3.8) is 0 Å². The fourth-order valence-electron chi connectivity index (χ4n) is 2.89. The molecule has 0 saturated carbocycles. The second-order valence-corrected chi connectivity index (χ2v) is 6.27. The minimum Gasteiger partial charge on any atom is -0.396 e. The van der Waals surface area contributed by atoms with Crippen LogP contribution in [0.15, 0.2) is 29.6 Å². The van der Waals surface area contributed by atoms with Crippen LogP contribution in [-0.2, 0) is 11.3 Å². The van der Waals surface area contributed by atoms with Gasteiger partial charge in [0.25, 0.3) is 5.91 Å². The lowest BCUT2D eigenvalue weighted by Crippen LogP contribution is -2.27. The monoisotopic (exact) mass is 318 g/mol. The third-order valence-corrected chi connectivity index (χ3v) is 4.73. The predicted molar refractivity (Wildman–Crippen MR) is 83.9 cm³/mol. The Morgan fingerprint density at radius 3 is 2.95 bits per heavy atom. The lowest BCUT2D eigenvalue weighted by atomic mass is 10.0. The molecule has 0 unspecified atom stereocenters. The number of aromatic nitrogens is 1. The van der Waals surface area contributed by atoms with Crippen LogP contribution < -0.4 is 5.32 Å². The molecule has 6 heteroatoms. The van der Waals surface area contributed by atoms with Gasteiger partial charge in [0.15, 0.2) is 0 Å². The van der Waals surface area contributed by atoms with Crippen molar-refractivity contribution >= 4 is 17.2 Å². The van der Waals surface area contributed by atoms with Crippen molar-refractivity contribution in [1.29, 1.82) is 0 Å².